The number of carbonyl (C=O) groups excluding carboxylic acids is 2. The van der Waals surface area contributed by atoms with Gasteiger partial charge in [0.2, 0.25) is 11.8 Å². The fourth-order valence-electron chi connectivity index (χ4n) is 1.86. The Kier molecular flexibility index (Phi) is 3.51. The zero-order chi connectivity index (χ0) is 14.2. The highest BCUT2D eigenvalue weighted by molar-refractivity contribution is 8.13. The van der Waals surface area contributed by atoms with Gasteiger partial charge in [0.15, 0.2) is 0 Å². The number of ether oxygens (including phenoxy) is 1. The van der Waals surface area contributed by atoms with Crippen LogP contribution in [0.2, 0.25) is 0 Å². The largest absolute Gasteiger partial charge is 0.495 e. The van der Waals surface area contributed by atoms with Crippen LogP contribution in [-0.2, 0) is 18.6 Å². The molecule has 0 unspecified atom stereocenters. The van der Waals surface area contributed by atoms with Crippen molar-refractivity contribution < 1.29 is 22.7 Å². The summed E-state index contributed by atoms with van der Waals surface area (Å²) in [6.07, 6.45) is 0.238. The van der Waals surface area contributed by atoms with Gasteiger partial charge in [-0.2, -0.15) is 0 Å². The van der Waals surface area contributed by atoms with Gasteiger partial charge in [-0.05, 0) is 18.2 Å². The molecule has 1 saturated heterocycles. The number of nitrogens with zero attached hydrogens (tertiary/aromatic N) is 1. The fraction of sp³-hybridized carbons (Fsp3) is 0.273. The average molecular weight is 304 g/mol. The van der Waals surface area contributed by atoms with Crippen LogP contribution in [0.15, 0.2) is 23.1 Å². The zero-order valence-corrected chi connectivity index (χ0v) is 11.5. The zero-order valence-electron chi connectivity index (χ0n) is 9.92. The Morgan fingerprint density at radius 1 is 1.21 bits per heavy atom. The maximum absolute atomic E-state index is 11.6. The smallest absolute Gasteiger partial charge is 0.265 e. The third-order valence-electron chi connectivity index (χ3n) is 2.72. The van der Waals surface area contributed by atoms with E-state index in [9.17, 15) is 18.0 Å². The Hall–Kier alpha value is -1.60. The maximum atomic E-state index is 11.6. The van der Waals surface area contributed by atoms with Crippen LogP contribution >= 0.6 is 10.7 Å². The second kappa shape index (κ2) is 4.82. The molecule has 0 aliphatic carbocycles. The second-order valence-electron chi connectivity index (χ2n) is 3.90. The molecule has 2 amide bonds. The van der Waals surface area contributed by atoms with Gasteiger partial charge in [-0.3, -0.25) is 14.5 Å². The minimum atomic E-state index is -4.03. The molecule has 6 nitrogen and oxygen atoms in total. The van der Waals surface area contributed by atoms with Gasteiger partial charge in [0, 0.05) is 23.5 Å². The van der Waals surface area contributed by atoms with Gasteiger partial charge in [0.25, 0.3) is 9.05 Å². The summed E-state index contributed by atoms with van der Waals surface area (Å²) in [6.45, 7) is 0. The molecule has 1 fully saturated rings. The van der Waals surface area contributed by atoms with E-state index in [1.165, 1.54) is 19.2 Å². The van der Waals surface area contributed by atoms with E-state index in [4.69, 9.17) is 15.4 Å². The lowest BCUT2D eigenvalue weighted by atomic mass is 10.2. The van der Waals surface area contributed by atoms with Crippen LogP contribution in [0, 0.1) is 0 Å². The summed E-state index contributed by atoms with van der Waals surface area (Å²) in [5.74, 6) is -0.681. The van der Waals surface area contributed by atoms with E-state index in [0.717, 1.165) is 11.0 Å². The van der Waals surface area contributed by atoms with Crippen LogP contribution in [-0.4, -0.2) is 27.3 Å². The van der Waals surface area contributed by atoms with E-state index < -0.39 is 9.05 Å². The van der Waals surface area contributed by atoms with Crippen molar-refractivity contribution in [2.75, 3.05) is 12.0 Å². The number of methoxy groups -OCH3 is 1. The SMILES string of the molecule is COc1ccc(N2C(=O)CCC2=O)cc1S(=O)(=O)Cl. The summed E-state index contributed by atoms with van der Waals surface area (Å²) in [5, 5.41) is 0. The minimum Gasteiger partial charge on any atom is -0.495 e. The van der Waals surface area contributed by atoms with Crippen molar-refractivity contribution in [2.24, 2.45) is 0 Å². The van der Waals surface area contributed by atoms with Crippen molar-refractivity contribution in [3.05, 3.63) is 18.2 Å². The van der Waals surface area contributed by atoms with E-state index in [1.54, 1.807) is 0 Å². The Bertz CT molecular complexity index is 639. The van der Waals surface area contributed by atoms with E-state index in [1.807, 2.05) is 0 Å². The molecule has 102 valence electrons. The molecule has 1 aromatic carbocycles. The predicted molar refractivity (Wildman–Crippen MR) is 67.8 cm³/mol. The summed E-state index contributed by atoms with van der Waals surface area (Å²) in [6, 6.07) is 3.94. The van der Waals surface area contributed by atoms with E-state index in [-0.39, 0.29) is 41.0 Å². The first-order valence-corrected chi connectivity index (χ1v) is 7.64. The monoisotopic (exact) mass is 303 g/mol. The highest BCUT2D eigenvalue weighted by atomic mass is 35.7. The number of carbonyl (C=O) groups is 2. The molecule has 0 radical (unpaired) electrons. The number of rotatable bonds is 3. The molecule has 0 N–H and O–H groups in total. The Morgan fingerprint density at radius 2 is 1.79 bits per heavy atom. The van der Waals surface area contributed by atoms with Gasteiger partial charge in [0.05, 0.1) is 12.8 Å². The summed E-state index contributed by atoms with van der Waals surface area (Å²) >= 11 is 0. The van der Waals surface area contributed by atoms with Crippen molar-refractivity contribution in [1.29, 1.82) is 0 Å². The molecular formula is C11H10ClNO5S. The van der Waals surface area contributed by atoms with Crippen molar-refractivity contribution in [3.63, 3.8) is 0 Å². The molecule has 0 saturated carbocycles. The molecule has 0 aromatic heterocycles. The molecule has 1 aliphatic heterocycles. The lowest BCUT2D eigenvalue weighted by Crippen LogP contribution is -2.28. The molecular weight excluding hydrogens is 294 g/mol. The first kappa shape index (κ1) is 13.8. The average Bonchev–Trinajstić information content (AvgIpc) is 2.67. The van der Waals surface area contributed by atoms with Gasteiger partial charge in [0.1, 0.15) is 10.6 Å². The van der Waals surface area contributed by atoms with Gasteiger partial charge >= 0.3 is 0 Å². The molecule has 19 heavy (non-hydrogen) atoms. The highest BCUT2D eigenvalue weighted by Crippen LogP contribution is 2.32. The van der Waals surface area contributed by atoms with Crippen LogP contribution in [0.4, 0.5) is 5.69 Å². The summed E-state index contributed by atoms with van der Waals surface area (Å²) in [5.41, 5.74) is 0.174. The van der Waals surface area contributed by atoms with Crippen LogP contribution in [0.5, 0.6) is 5.75 Å². The predicted octanol–water partition coefficient (Wildman–Crippen LogP) is 1.28. The van der Waals surface area contributed by atoms with E-state index in [2.05, 4.69) is 0 Å². The first-order chi connectivity index (χ1) is 8.84. The second-order valence-corrected chi connectivity index (χ2v) is 6.43. The maximum Gasteiger partial charge on any atom is 0.265 e. The molecule has 1 heterocycles. The number of hydrogen-bond donors (Lipinski definition) is 0. The summed E-state index contributed by atoms with van der Waals surface area (Å²) in [4.78, 5) is 23.9. The molecule has 0 bridgehead atoms. The molecule has 0 spiro atoms. The number of imide groups is 1. The molecule has 0 atom stereocenters. The van der Waals surface area contributed by atoms with Crippen molar-refractivity contribution in [2.45, 2.75) is 17.7 Å². The van der Waals surface area contributed by atoms with E-state index >= 15 is 0 Å². The quantitative estimate of drug-likeness (QED) is 0.620. The Morgan fingerprint density at radius 3 is 2.26 bits per heavy atom. The normalized spacial score (nSPS) is 16.0. The van der Waals surface area contributed by atoms with Crippen molar-refractivity contribution >= 4 is 37.2 Å². The molecule has 8 heteroatoms. The lowest BCUT2D eigenvalue weighted by molar-refractivity contribution is -0.121. The number of benzene rings is 1. The van der Waals surface area contributed by atoms with Crippen LogP contribution in [0.3, 0.4) is 0 Å². The first-order valence-electron chi connectivity index (χ1n) is 5.33. The highest BCUT2D eigenvalue weighted by Gasteiger charge is 2.31. The van der Waals surface area contributed by atoms with Crippen LogP contribution in [0.1, 0.15) is 12.8 Å². The molecule has 1 aromatic rings. The van der Waals surface area contributed by atoms with Gasteiger partial charge in [-0.1, -0.05) is 0 Å². The Labute approximate surface area is 114 Å². The topological polar surface area (TPSA) is 80.8 Å². The van der Waals surface area contributed by atoms with Crippen LogP contribution in [0.25, 0.3) is 0 Å². The molecule has 2 rings (SSSR count). The van der Waals surface area contributed by atoms with E-state index in [0.29, 0.717) is 0 Å². The number of amides is 2. The van der Waals surface area contributed by atoms with Gasteiger partial charge in [-0.15, -0.1) is 0 Å². The summed E-state index contributed by atoms with van der Waals surface area (Å²) < 4.78 is 27.8. The summed E-state index contributed by atoms with van der Waals surface area (Å²) in [7, 11) is 2.56. The number of anilines is 1. The van der Waals surface area contributed by atoms with Crippen molar-refractivity contribution in [1.82, 2.24) is 0 Å². The van der Waals surface area contributed by atoms with Crippen LogP contribution < -0.4 is 9.64 Å². The number of hydrogen-bond acceptors (Lipinski definition) is 5. The number of halogens is 1. The van der Waals surface area contributed by atoms with Gasteiger partial charge < -0.3 is 4.74 Å². The third kappa shape index (κ3) is 2.57. The minimum absolute atomic E-state index is 0.0536. The van der Waals surface area contributed by atoms with Gasteiger partial charge in [-0.25, -0.2) is 8.42 Å². The molecule has 1 aliphatic rings. The lowest BCUT2D eigenvalue weighted by Gasteiger charge is -2.15. The third-order valence-corrected chi connectivity index (χ3v) is 4.06. The fourth-order valence-corrected chi connectivity index (χ4v) is 2.87. The van der Waals surface area contributed by atoms with Crippen molar-refractivity contribution in [3.8, 4) is 5.75 Å². The Balaban J connectivity index is 2.56. The standard InChI is InChI=1S/C11H10ClNO5S/c1-18-8-3-2-7(6-9(8)19(12,16)17)13-10(14)4-5-11(13)15/h2-3,6H,4-5H2,1H3.